The third kappa shape index (κ3) is 0.357. The molecule has 1 aliphatic carbocycles. The van der Waals surface area contributed by atoms with Crippen LogP contribution in [-0.4, -0.2) is 11.8 Å². The van der Waals surface area contributed by atoms with Crippen LogP contribution < -0.4 is 0 Å². The Bertz CT molecular complexity index is 189. The molecule has 1 saturated heterocycles. The zero-order chi connectivity index (χ0) is 5.72. The topological polar surface area (TPSA) is 15.5 Å². The fourth-order valence-electron chi connectivity index (χ4n) is 0.814. The van der Waals surface area contributed by atoms with Crippen molar-refractivity contribution in [3.8, 4) is 0 Å². The summed E-state index contributed by atoms with van der Waals surface area (Å²) in [4.78, 5) is 4.89. The van der Waals surface area contributed by atoms with E-state index in [0.717, 1.165) is 12.3 Å². The largest absolute Gasteiger partial charge is 0.247 e. The number of hydrogen-bond donors (Lipinski definition) is 0. The molecule has 2 nitrogen and oxygen atoms in total. The van der Waals surface area contributed by atoms with E-state index in [-0.39, 0.29) is 0 Å². The normalized spacial score (nSPS) is 24.6. The molecule has 0 bridgehead atoms. The van der Waals surface area contributed by atoms with Crippen molar-refractivity contribution in [2.45, 2.75) is 6.92 Å². The first kappa shape index (κ1) is 4.15. The van der Waals surface area contributed by atoms with Gasteiger partial charge in [-0.1, -0.05) is 6.58 Å². The molecule has 0 unspecified atom stereocenters. The average molecular weight is 109 g/mol. The fraction of sp³-hybridized carbons (Fsp3) is 0.333. The third-order valence-electron chi connectivity index (χ3n) is 1.54. The van der Waals surface area contributed by atoms with Gasteiger partial charge in [-0.25, -0.2) is 9.90 Å². The maximum Gasteiger partial charge on any atom is 0.171 e. The maximum atomic E-state index is 4.89. The van der Waals surface area contributed by atoms with Crippen molar-refractivity contribution >= 4 is 0 Å². The van der Waals surface area contributed by atoms with E-state index in [1.807, 2.05) is 5.06 Å². The molecule has 42 valence electrons. The average Bonchev–Trinajstić information content (AvgIpc) is 2.52. The van der Waals surface area contributed by atoms with Crippen LogP contribution in [-0.2, 0) is 4.84 Å². The van der Waals surface area contributed by atoms with Gasteiger partial charge in [0.05, 0.1) is 5.70 Å². The van der Waals surface area contributed by atoms with Gasteiger partial charge in [0.15, 0.2) is 6.73 Å². The Morgan fingerprint density at radius 2 is 2.25 bits per heavy atom. The Balaban J connectivity index is 2.19. The SMILES string of the molecule is C=C1C(C)=C1N1CO1. The molecular formula is C6H7NO. The number of nitrogens with zero attached hydrogens (tertiary/aromatic N) is 1. The summed E-state index contributed by atoms with van der Waals surface area (Å²) in [5.41, 5.74) is 3.66. The molecule has 0 aromatic carbocycles. The summed E-state index contributed by atoms with van der Waals surface area (Å²) in [6, 6.07) is 0. The third-order valence-corrected chi connectivity index (χ3v) is 1.54. The highest BCUT2D eigenvalue weighted by Crippen LogP contribution is 2.42. The summed E-state index contributed by atoms with van der Waals surface area (Å²) >= 11 is 0. The predicted octanol–water partition coefficient (Wildman–Crippen LogP) is 1.03. The van der Waals surface area contributed by atoms with E-state index in [2.05, 4.69) is 13.5 Å². The summed E-state index contributed by atoms with van der Waals surface area (Å²) in [6.07, 6.45) is 0. The zero-order valence-corrected chi connectivity index (χ0v) is 4.77. The molecule has 0 aromatic heterocycles. The van der Waals surface area contributed by atoms with Gasteiger partial charge in [-0.15, -0.1) is 0 Å². The van der Waals surface area contributed by atoms with Crippen molar-refractivity contribution in [3.63, 3.8) is 0 Å². The van der Waals surface area contributed by atoms with Crippen LogP contribution in [0.3, 0.4) is 0 Å². The number of allylic oxidation sites excluding steroid dienone is 2. The lowest BCUT2D eigenvalue weighted by molar-refractivity contribution is 0.255. The van der Waals surface area contributed by atoms with E-state index in [9.17, 15) is 0 Å². The maximum absolute atomic E-state index is 4.89. The van der Waals surface area contributed by atoms with E-state index in [0.29, 0.717) is 0 Å². The zero-order valence-electron chi connectivity index (χ0n) is 4.77. The molecule has 0 N–H and O–H groups in total. The minimum atomic E-state index is 0.756. The van der Waals surface area contributed by atoms with Gasteiger partial charge in [0.2, 0.25) is 0 Å². The van der Waals surface area contributed by atoms with Crippen LogP contribution in [0.1, 0.15) is 6.92 Å². The molecule has 1 fully saturated rings. The Kier molecular flexibility index (Phi) is 0.507. The van der Waals surface area contributed by atoms with Crippen molar-refractivity contribution in [2.75, 3.05) is 6.73 Å². The summed E-state index contributed by atoms with van der Waals surface area (Å²) in [5.74, 6) is 0. The van der Waals surface area contributed by atoms with Crippen molar-refractivity contribution in [1.82, 2.24) is 5.06 Å². The Morgan fingerprint density at radius 1 is 1.75 bits per heavy atom. The molecule has 2 aliphatic rings. The summed E-state index contributed by atoms with van der Waals surface area (Å²) in [6.45, 7) is 6.61. The van der Waals surface area contributed by atoms with Crippen molar-refractivity contribution in [3.05, 3.63) is 23.4 Å². The summed E-state index contributed by atoms with van der Waals surface area (Å²) in [7, 11) is 0. The molecule has 0 aromatic rings. The fourth-order valence-corrected chi connectivity index (χ4v) is 0.814. The second-order valence-corrected chi connectivity index (χ2v) is 2.09. The standard InChI is InChI=1S/C6H7NO/c1-4-5(2)6(4)7-3-8-7/h1,3H2,2H3. The second-order valence-electron chi connectivity index (χ2n) is 2.09. The molecule has 8 heavy (non-hydrogen) atoms. The Hall–Kier alpha value is -0.760. The Morgan fingerprint density at radius 3 is 2.38 bits per heavy atom. The monoisotopic (exact) mass is 109 g/mol. The molecule has 1 aliphatic heterocycles. The van der Waals surface area contributed by atoms with Crippen LogP contribution in [0.4, 0.5) is 0 Å². The first-order valence-corrected chi connectivity index (χ1v) is 2.61. The van der Waals surface area contributed by atoms with Crippen LogP contribution in [0.15, 0.2) is 23.4 Å². The summed E-state index contributed by atoms with van der Waals surface area (Å²) in [5, 5.41) is 1.84. The second kappa shape index (κ2) is 0.977. The molecule has 0 amide bonds. The molecule has 2 rings (SSSR count). The molecule has 0 saturated carbocycles. The number of hydrogen-bond acceptors (Lipinski definition) is 2. The van der Waals surface area contributed by atoms with E-state index < -0.39 is 0 Å². The summed E-state index contributed by atoms with van der Waals surface area (Å²) < 4.78 is 0. The first-order chi connectivity index (χ1) is 3.80. The molecular weight excluding hydrogens is 102 g/mol. The van der Waals surface area contributed by atoms with Gasteiger partial charge in [0.25, 0.3) is 0 Å². The quantitative estimate of drug-likeness (QED) is 0.467. The van der Waals surface area contributed by atoms with Gasteiger partial charge in [-0.05, 0) is 18.1 Å². The highest BCUT2D eigenvalue weighted by Gasteiger charge is 2.36. The number of hydroxylamine groups is 2. The van der Waals surface area contributed by atoms with Crippen LogP contribution in [0.25, 0.3) is 0 Å². The van der Waals surface area contributed by atoms with Gasteiger partial charge in [-0.2, -0.15) is 0 Å². The highest BCUT2D eigenvalue weighted by molar-refractivity contribution is 5.62. The van der Waals surface area contributed by atoms with Gasteiger partial charge in [0, 0.05) is 0 Å². The smallest absolute Gasteiger partial charge is 0.171 e. The van der Waals surface area contributed by atoms with Crippen molar-refractivity contribution < 1.29 is 4.84 Å². The molecule has 0 radical (unpaired) electrons. The van der Waals surface area contributed by atoms with E-state index in [1.165, 1.54) is 11.3 Å². The van der Waals surface area contributed by atoms with E-state index >= 15 is 0 Å². The van der Waals surface area contributed by atoms with E-state index in [1.54, 1.807) is 0 Å². The first-order valence-electron chi connectivity index (χ1n) is 2.61. The predicted molar refractivity (Wildman–Crippen MR) is 29.6 cm³/mol. The van der Waals surface area contributed by atoms with Crippen molar-refractivity contribution in [2.24, 2.45) is 0 Å². The number of rotatable bonds is 1. The van der Waals surface area contributed by atoms with Crippen LogP contribution >= 0.6 is 0 Å². The molecule has 2 heteroatoms. The van der Waals surface area contributed by atoms with E-state index in [4.69, 9.17) is 4.84 Å². The van der Waals surface area contributed by atoms with Gasteiger partial charge in [0.1, 0.15) is 0 Å². The van der Waals surface area contributed by atoms with Crippen LogP contribution in [0.5, 0.6) is 0 Å². The van der Waals surface area contributed by atoms with Gasteiger partial charge < -0.3 is 0 Å². The molecule has 0 spiro atoms. The van der Waals surface area contributed by atoms with Crippen LogP contribution in [0, 0.1) is 0 Å². The minimum absolute atomic E-state index is 0.756. The lowest BCUT2D eigenvalue weighted by Gasteiger charge is -1.79. The lowest BCUT2D eigenvalue weighted by atomic mass is 10.5. The van der Waals surface area contributed by atoms with Crippen molar-refractivity contribution in [1.29, 1.82) is 0 Å². The van der Waals surface area contributed by atoms with Gasteiger partial charge >= 0.3 is 0 Å². The Labute approximate surface area is 48.0 Å². The highest BCUT2D eigenvalue weighted by atomic mass is 16.8. The molecule has 0 atom stereocenters. The van der Waals surface area contributed by atoms with Gasteiger partial charge in [-0.3, -0.25) is 0 Å². The lowest BCUT2D eigenvalue weighted by Crippen LogP contribution is -1.81. The molecule has 1 heterocycles. The van der Waals surface area contributed by atoms with Crippen LogP contribution in [0.2, 0.25) is 0 Å². The minimum Gasteiger partial charge on any atom is -0.247 e.